The first-order chi connectivity index (χ1) is 14.6. The highest BCUT2D eigenvalue weighted by molar-refractivity contribution is 7.90. The van der Waals surface area contributed by atoms with Gasteiger partial charge in [-0.25, -0.2) is 13.2 Å². The van der Waals surface area contributed by atoms with E-state index in [0.717, 1.165) is 4.88 Å². The number of nitrogens with zero attached hydrogens (tertiary/aromatic N) is 1. The molecule has 31 heavy (non-hydrogen) atoms. The second-order valence-electron chi connectivity index (χ2n) is 6.87. The van der Waals surface area contributed by atoms with Crippen molar-refractivity contribution in [3.63, 3.8) is 0 Å². The molecule has 0 fully saturated rings. The van der Waals surface area contributed by atoms with Crippen LogP contribution < -0.4 is 10.0 Å². The maximum absolute atomic E-state index is 12.6. The summed E-state index contributed by atoms with van der Waals surface area (Å²) in [5, 5.41) is 2.65. The molecular formula is C20H21N3O6S2. The molecule has 1 aliphatic heterocycles. The number of Topliss-reactive ketones (excluding diaryl/α,β-unsaturated/α-hetero) is 1. The van der Waals surface area contributed by atoms with E-state index in [1.807, 2.05) is 0 Å². The molecule has 1 amide bonds. The lowest BCUT2D eigenvalue weighted by atomic mass is 10.2. The second kappa shape index (κ2) is 8.98. The molecule has 0 aliphatic carbocycles. The number of aliphatic imine (C=N–C) groups is 1. The third kappa shape index (κ3) is 5.17. The van der Waals surface area contributed by atoms with Crippen LogP contribution in [-0.4, -0.2) is 44.1 Å². The highest BCUT2D eigenvalue weighted by Gasteiger charge is 2.32. The Kier molecular flexibility index (Phi) is 6.56. The van der Waals surface area contributed by atoms with Gasteiger partial charge in [-0.3, -0.25) is 19.3 Å². The van der Waals surface area contributed by atoms with Gasteiger partial charge < -0.3 is 10.1 Å². The minimum atomic E-state index is -3.72. The van der Waals surface area contributed by atoms with Gasteiger partial charge in [-0.2, -0.15) is 0 Å². The summed E-state index contributed by atoms with van der Waals surface area (Å²) >= 11 is 1.21. The van der Waals surface area contributed by atoms with Gasteiger partial charge in [0.25, 0.3) is 10.0 Å². The molecule has 11 heteroatoms. The van der Waals surface area contributed by atoms with Gasteiger partial charge in [0.2, 0.25) is 11.7 Å². The first kappa shape index (κ1) is 22.6. The van der Waals surface area contributed by atoms with E-state index in [0.29, 0.717) is 17.0 Å². The fraction of sp³-hybridized carbons (Fsp3) is 0.300. The summed E-state index contributed by atoms with van der Waals surface area (Å²) in [4.78, 5) is 41.4. The summed E-state index contributed by atoms with van der Waals surface area (Å²) in [6, 6.07) is 8.61. The molecule has 1 aromatic heterocycles. The van der Waals surface area contributed by atoms with Gasteiger partial charge in [-0.15, -0.1) is 11.3 Å². The average molecular weight is 464 g/mol. The van der Waals surface area contributed by atoms with Crippen molar-refractivity contribution < 1.29 is 27.5 Å². The third-order valence-electron chi connectivity index (χ3n) is 4.40. The van der Waals surface area contributed by atoms with Gasteiger partial charge in [0.05, 0.1) is 16.3 Å². The van der Waals surface area contributed by atoms with Gasteiger partial charge in [0, 0.05) is 17.4 Å². The zero-order valence-corrected chi connectivity index (χ0v) is 18.7. The van der Waals surface area contributed by atoms with E-state index >= 15 is 0 Å². The Bertz CT molecular complexity index is 1170. The molecule has 0 saturated carbocycles. The number of hydrogen-bond acceptors (Lipinski definition) is 8. The zero-order chi connectivity index (χ0) is 22.8. The minimum Gasteiger partial charge on any atom is -0.453 e. The van der Waals surface area contributed by atoms with Crippen LogP contribution in [0.1, 0.15) is 40.9 Å². The molecule has 0 saturated heterocycles. The van der Waals surface area contributed by atoms with Crippen LogP contribution in [0, 0.1) is 0 Å². The summed E-state index contributed by atoms with van der Waals surface area (Å²) in [5.74, 6) is -1.25. The quantitative estimate of drug-likeness (QED) is 0.474. The average Bonchev–Trinajstić information content (AvgIpc) is 3.28. The predicted octanol–water partition coefficient (Wildman–Crippen LogP) is 1.63. The first-order valence-corrected chi connectivity index (χ1v) is 11.7. The van der Waals surface area contributed by atoms with Crippen LogP contribution in [-0.2, 0) is 30.9 Å². The molecule has 2 atom stereocenters. The second-order valence-corrected chi connectivity index (χ2v) is 9.69. The molecule has 1 unspecified atom stereocenters. The van der Waals surface area contributed by atoms with Gasteiger partial charge >= 0.3 is 5.97 Å². The normalized spacial score (nSPS) is 17.3. The number of sulfonamides is 1. The van der Waals surface area contributed by atoms with Crippen molar-refractivity contribution in [2.75, 3.05) is 0 Å². The predicted molar refractivity (Wildman–Crippen MR) is 114 cm³/mol. The molecule has 0 radical (unpaired) electrons. The number of ketones is 1. The van der Waals surface area contributed by atoms with Gasteiger partial charge in [-0.1, -0.05) is 12.1 Å². The van der Waals surface area contributed by atoms with Crippen LogP contribution in [0.25, 0.3) is 0 Å². The number of fused-ring (bicyclic) bond motifs is 1. The molecule has 2 N–H and O–H groups in total. The Morgan fingerprint density at radius 3 is 2.58 bits per heavy atom. The largest absolute Gasteiger partial charge is 0.453 e. The maximum Gasteiger partial charge on any atom is 0.331 e. The summed E-state index contributed by atoms with van der Waals surface area (Å²) < 4.78 is 31.9. The van der Waals surface area contributed by atoms with Crippen molar-refractivity contribution in [1.82, 2.24) is 10.0 Å². The fourth-order valence-corrected chi connectivity index (χ4v) is 5.02. The number of amides is 1. The smallest absolute Gasteiger partial charge is 0.331 e. The molecule has 164 valence electrons. The molecule has 1 aliphatic rings. The van der Waals surface area contributed by atoms with Crippen molar-refractivity contribution in [3.05, 3.63) is 51.7 Å². The molecular weight excluding hydrogens is 442 g/mol. The number of amidine groups is 1. The van der Waals surface area contributed by atoms with E-state index < -0.39 is 28.1 Å². The van der Waals surface area contributed by atoms with Crippen LogP contribution >= 0.6 is 11.3 Å². The third-order valence-corrected chi connectivity index (χ3v) is 6.90. The number of carbonyl (C=O) groups is 3. The minimum absolute atomic E-state index is 0.0555. The summed E-state index contributed by atoms with van der Waals surface area (Å²) in [6.07, 6.45) is -1.05. The van der Waals surface area contributed by atoms with E-state index in [-0.39, 0.29) is 22.4 Å². The molecule has 0 spiro atoms. The van der Waals surface area contributed by atoms with E-state index in [1.165, 1.54) is 38.2 Å². The maximum atomic E-state index is 12.6. The Balaban J connectivity index is 1.65. The topological polar surface area (TPSA) is 131 Å². The highest BCUT2D eigenvalue weighted by atomic mass is 32.2. The fourth-order valence-electron chi connectivity index (χ4n) is 2.82. The Morgan fingerprint density at radius 1 is 1.16 bits per heavy atom. The van der Waals surface area contributed by atoms with E-state index in [4.69, 9.17) is 4.74 Å². The molecule has 3 rings (SSSR count). The molecule has 2 aromatic rings. The Morgan fingerprint density at radius 2 is 1.87 bits per heavy atom. The Hall–Kier alpha value is -3.05. The molecule has 2 heterocycles. The zero-order valence-electron chi connectivity index (χ0n) is 17.0. The SMILES string of the molecule is CC(=O)NCc1ccc(C(=O)C(C)OC(=O)[C@H](C)N=C2NS(=O)(=O)c3ccccc32)s1. The highest BCUT2D eigenvalue weighted by Crippen LogP contribution is 2.23. The van der Waals surface area contributed by atoms with Crippen molar-refractivity contribution in [1.29, 1.82) is 0 Å². The van der Waals surface area contributed by atoms with E-state index in [2.05, 4.69) is 15.0 Å². The number of carbonyl (C=O) groups excluding carboxylic acids is 3. The number of rotatable bonds is 7. The Labute approximate surface area is 183 Å². The lowest BCUT2D eigenvalue weighted by molar-refractivity contribution is -0.147. The lowest BCUT2D eigenvalue weighted by Crippen LogP contribution is -2.31. The summed E-state index contributed by atoms with van der Waals surface area (Å²) in [7, 11) is -3.72. The van der Waals surface area contributed by atoms with Crippen LogP contribution in [0.4, 0.5) is 0 Å². The van der Waals surface area contributed by atoms with Gasteiger partial charge in [0.1, 0.15) is 11.9 Å². The number of nitrogens with one attached hydrogen (secondary N) is 2. The molecule has 0 bridgehead atoms. The van der Waals surface area contributed by atoms with Crippen LogP contribution in [0.2, 0.25) is 0 Å². The van der Waals surface area contributed by atoms with Crippen LogP contribution in [0.3, 0.4) is 0 Å². The van der Waals surface area contributed by atoms with Crippen molar-refractivity contribution in [2.45, 2.75) is 44.4 Å². The number of thiophene rings is 1. The van der Waals surface area contributed by atoms with Crippen molar-refractivity contribution in [2.24, 2.45) is 4.99 Å². The summed E-state index contributed by atoms with van der Waals surface area (Å²) in [5.41, 5.74) is 0.372. The summed E-state index contributed by atoms with van der Waals surface area (Å²) in [6.45, 7) is 4.63. The lowest BCUT2D eigenvalue weighted by Gasteiger charge is -2.14. The van der Waals surface area contributed by atoms with E-state index in [9.17, 15) is 22.8 Å². The monoisotopic (exact) mass is 463 g/mol. The standard InChI is InChI=1S/C20H21N3O6S2/c1-11(22-19-15-6-4-5-7-17(15)31(27,28)23-19)20(26)29-12(2)18(25)16-9-8-14(30-16)10-21-13(3)24/h4-9,11-12H,10H2,1-3H3,(H,21,24)(H,22,23)/t11-,12?/m0/s1. The van der Waals surface area contributed by atoms with Crippen LogP contribution in [0.15, 0.2) is 46.3 Å². The van der Waals surface area contributed by atoms with E-state index in [1.54, 1.807) is 30.3 Å². The van der Waals surface area contributed by atoms with Gasteiger partial charge in [0.15, 0.2) is 6.10 Å². The van der Waals surface area contributed by atoms with Crippen molar-refractivity contribution in [3.8, 4) is 0 Å². The number of ether oxygens (including phenoxy) is 1. The first-order valence-electron chi connectivity index (χ1n) is 9.36. The molecule has 9 nitrogen and oxygen atoms in total. The van der Waals surface area contributed by atoms with Gasteiger partial charge in [-0.05, 0) is 38.1 Å². The molecule has 1 aromatic carbocycles. The van der Waals surface area contributed by atoms with Crippen molar-refractivity contribution >= 4 is 44.9 Å². The number of esters is 1. The number of hydrogen-bond donors (Lipinski definition) is 2. The van der Waals surface area contributed by atoms with Crippen LogP contribution in [0.5, 0.6) is 0 Å². The number of benzene rings is 1.